The van der Waals surface area contributed by atoms with Crippen LogP contribution in [0.3, 0.4) is 0 Å². The van der Waals surface area contributed by atoms with E-state index in [1.165, 1.54) is 14.2 Å². The minimum atomic E-state index is -0.719. The maximum absolute atomic E-state index is 13.6. The Morgan fingerprint density at radius 2 is 1.77 bits per heavy atom. The number of methoxy groups -OCH3 is 2. The summed E-state index contributed by atoms with van der Waals surface area (Å²) in [6, 6.07) is 10.8. The van der Waals surface area contributed by atoms with Gasteiger partial charge in [-0.1, -0.05) is 24.3 Å². The van der Waals surface area contributed by atoms with Crippen molar-refractivity contribution in [2.45, 2.75) is 19.8 Å². The number of hydrogen-bond donors (Lipinski definition) is 1. The van der Waals surface area contributed by atoms with Crippen LogP contribution in [0.4, 0.5) is 0 Å². The van der Waals surface area contributed by atoms with Gasteiger partial charge in [0.15, 0.2) is 23.9 Å². The first kappa shape index (κ1) is 24.5. The highest BCUT2D eigenvalue weighted by atomic mass is 79.9. The van der Waals surface area contributed by atoms with Gasteiger partial charge in [0, 0.05) is 28.3 Å². The summed E-state index contributed by atoms with van der Waals surface area (Å²) in [5.41, 5.74) is 4.01. The van der Waals surface area contributed by atoms with Crippen molar-refractivity contribution in [1.82, 2.24) is 5.32 Å². The number of halogens is 1. The van der Waals surface area contributed by atoms with E-state index in [-0.39, 0.29) is 12.4 Å². The van der Waals surface area contributed by atoms with Crippen molar-refractivity contribution in [2.24, 2.45) is 0 Å². The van der Waals surface area contributed by atoms with Crippen LogP contribution in [0.1, 0.15) is 41.3 Å². The highest BCUT2D eigenvalue weighted by Crippen LogP contribution is 2.49. The van der Waals surface area contributed by atoms with E-state index in [4.69, 9.17) is 14.2 Å². The molecular formula is C26H24BrNO7. The Labute approximate surface area is 211 Å². The second-order valence-corrected chi connectivity index (χ2v) is 8.73. The predicted octanol–water partition coefficient (Wildman–Crippen LogP) is 4.14. The second-order valence-electron chi connectivity index (χ2n) is 7.88. The van der Waals surface area contributed by atoms with Gasteiger partial charge in [-0.2, -0.15) is 0 Å². The molecular weight excluding hydrogens is 518 g/mol. The van der Waals surface area contributed by atoms with Crippen molar-refractivity contribution >= 4 is 39.3 Å². The van der Waals surface area contributed by atoms with Gasteiger partial charge in [0.25, 0.3) is 0 Å². The van der Waals surface area contributed by atoms with Crippen LogP contribution in [-0.2, 0) is 19.1 Å². The minimum absolute atomic E-state index is 0.165. The van der Waals surface area contributed by atoms with Crippen LogP contribution in [0.2, 0.25) is 0 Å². The van der Waals surface area contributed by atoms with Crippen LogP contribution >= 0.6 is 15.9 Å². The summed E-state index contributed by atoms with van der Waals surface area (Å²) in [4.78, 5) is 38.1. The maximum atomic E-state index is 13.6. The summed E-state index contributed by atoms with van der Waals surface area (Å²) in [6.07, 6.45) is 0. The molecule has 0 radical (unpaired) electrons. The molecule has 182 valence electrons. The molecule has 1 heterocycles. The van der Waals surface area contributed by atoms with Crippen molar-refractivity contribution < 1.29 is 33.3 Å². The second kappa shape index (κ2) is 9.95. The molecule has 0 saturated heterocycles. The van der Waals surface area contributed by atoms with Crippen LogP contribution in [0, 0.1) is 0 Å². The summed E-state index contributed by atoms with van der Waals surface area (Å²) >= 11 is 3.51. The van der Waals surface area contributed by atoms with Gasteiger partial charge in [-0.15, -0.1) is 0 Å². The van der Waals surface area contributed by atoms with Crippen molar-refractivity contribution in [3.05, 3.63) is 74.4 Å². The Kier molecular flexibility index (Phi) is 6.98. The van der Waals surface area contributed by atoms with Gasteiger partial charge in [0.1, 0.15) is 0 Å². The lowest BCUT2D eigenvalue weighted by Gasteiger charge is -2.29. The largest absolute Gasteiger partial charge is 0.490 e. The third kappa shape index (κ3) is 4.32. The molecule has 0 amide bonds. The van der Waals surface area contributed by atoms with E-state index in [0.29, 0.717) is 56.2 Å². The number of hydrogen-bond acceptors (Lipinski definition) is 8. The molecule has 2 aliphatic rings. The van der Waals surface area contributed by atoms with Gasteiger partial charge in [-0.05, 0) is 47.5 Å². The summed E-state index contributed by atoms with van der Waals surface area (Å²) in [5.74, 6) is -1.31. The number of carbonyl (C=O) groups excluding carboxylic acids is 3. The molecule has 0 aromatic heterocycles. The molecule has 2 aromatic carbocycles. The number of ether oxygens (including phenoxy) is 4. The maximum Gasteiger partial charge on any atom is 0.343 e. The molecule has 0 bridgehead atoms. The molecule has 0 fully saturated rings. The van der Waals surface area contributed by atoms with E-state index >= 15 is 0 Å². The lowest BCUT2D eigenvalue weighted by atomic mass is 9.79. The first-order valence-electron chi connectivity index (χ1n) is 10.9. The molecule has 0 saturated carbocycles. The van der Waals surface area contributed by atoms with Gasteiger partial charge < -0.3 is 24.3 Å². The molecule has 1 N–H and O–H groups in total. The van der Waals surface area contributed by atoms with E-state index in [1.807, 2.05) is 25.1 Å². The van der Waals surface area contributed by atoms with Gasteiger partial charge in [0.05, 0.1) is 36.6 Å². The fraction of sp³-hybridized carbons (Fsp3) is 0.269. The fourth-order valence-electron chi connectivity index (χ4n) is 4.39. The van der Waals surface area contributed by atoms with Crippen molar-refractivity contribution in [1.29, 1.82) is 0 Å². The lowest BCUT2D eigenvalue weighted by molar-refractivity contribution is -0.143. The number of Topliss-reactive ketones (excluding diaryl/α,β-unsaturated/α-hetero) is 1. The number of fused-ring (bicyclic) bond motifs is 2. The van der Waals surface area contributed by atoms with Crippen LogP contribution in [-0.4, -0.2) is 45.2 Å². The standard InChI is InChI=1S/C26H24BrNO7/c1-5-34-18-11-14(10-17(27)25(18)35-12-19(29)32-3)21-20(26(31)33-4)13(2)28-23-15-8-6-7-9-16(15)24(30)22(21)23/h6-11,21,28H,5,12H2,1-4H3/t21-/m0/s1. The monoisotopic (exact) mass is 541 g/mol. The normalized spacial score (nSPS) is 16.4. The van der Waals surface area contributed by atoms with Crippen LogP contribution < -0.4 is 14.8 Å². The van der Waals surface area contributed by atoms with E-state index in [2.05, 4.69) is 26.0 Å². The number of benzene rings is 2. The molecule has 0 spiro atoms. The van der Waals surface area contributed by atoms with Crippen molar-refractivity contribution in [3.63, 3.8) is 0 Å². The molecule has 8 nitrogen and oxygen atoms in total. The molecule has 1 aliphatic carbocycles. The number of allylic oxidation sites excluding steroid dienone is 2. The Morgan fingerprint density at radius 1 is 1.06 bits per heavy atom. The van der Waals surface area contributed by atoms with Gasteiger partial charge in [-0.25, -0.2) is 9.59 Å². The quantitative estimate of drug-likeness (QED) is 0.522. The van der Waals surface area contributed by atoms with Gasteiger partial charge >= 0.3 is 11.9 Å². The SMILES string of the molecule is CCOc1cc([C@H]2C(C(=O)OC)=C(C)NC3=C2C(=O)c2ccccc23)cc(Br)c1OCC(=O)OC. The first-order chi connectivity index (χ1) is 16.8. The molecule has 35 heavy (non-hydrogen) atoms. The molecule has 9 heteroatoms. The Balaban J connectivity index is 1.89. The molecule has 4 rings (SSSR count). The summed E-state index contributed by atoms with van der Waals surface area (Å²) in [7, 11) is 2.58. The van der Waals surface area contributed by atoms with Crippen LogP contribution in [0.15, 0.2) is 57.7 Å². The topological polar surface area (TPSA) is 100 Å². The fourth-order valence-corrected chi connectivity index (χ4v) is 4.96. The number of esters is 2. The molecule has 2 aromatic rings. The van der Waals surface area contributed by atoms with E-state index in [0.717, 1.165) is 5.56 Å². The van der Waals surface area contributed by atoms with Crippen molar-refractivity contribution in [3.8, 4) is 11.5 Å². The number of nitrogens with one attached hydrogen (secondary N) is 1. The Hall–Kier alpha value is -3.59. The zero-order chi connectivity index (χ0) is 25.3. The minimum Gasteiger partial charge on any atom is -0.490 e. The molecule has 0 unspecified atom stereocenters. The Bertz CT molecular complexity index is 1290. The summed E-state index contributed by atoms with van der Waals surface area (Å²) in [6.45, 7) is 3.61. The van der Waals surface area contributed by atoms with Crippen molar-refractivity contribution in [2.75, 3.05) is 27.4 Å². The smallest absolute Gasteiger partial charge is 0.343 e. The first-order valence-corrected chi connectivity index (χ1v) is 11.7. The van der Waals surface area contributed by atoms with E-state index in [1.54, 1.807) is 25.1 Å². The van der Waals surface area contributed by atoms with E-state index < -0.39 is 17.9 Å². The number of dihydropyridines is 1. The number of ketones is 1. The van der Waals surface area contributed by atoms with Crippen LogP contribution in [0.25, 0.3) is 5.70 Å². The third-order valence-corrected chi connectivity index (χ3v) is 6.47. The van der Waals surface area contributed by atoms with Gasteiger partial charge in [-0.3, -0.25) is 4.79 Å². The summed E-state index contributed by atoms with van der Waals surface area (Å²) in [5, 5.41) is 3.25. The zero-order valence-electron chi connectivity index (χ0n) is 19.7. The number of carbonyl (C=O) groups is 3. The lowest BCUT2D eigenvalue weighted by Crippen LogP contribution is -2.29. The summed E-state index contributed by atoms with van der Waals surface area (Å²) < 4.78 is 21.7. The highest BCUT2D eigenvalue weighted by Gasteiger charge is 2.43. The predicted molar refractivity (Wildman–Crippen MR) is 131 cm³/mol. The molecule has 1 atom stereocenters. The molecule has 1 aliphatic heterocycles. The van der Waals surface area contributed by atoms with E-state index in [9.17, 15) is 14.4 Å². The highest BCUT2D eigenvalue weighted by molar-refractivity contribution is 9.10. The average Bonchev–Trinajstić information content (AvgIpc) is 3.13. The number of rotatable bonds is 7. The van der Waals surface area contributed by atoms with Crippen LogP contribution in [0.5, 0.6) is 11.5 Å². The third-order valence-electron chi connectivity index (χ3n) is 5.88. The Morgan fingerprint density at radius 3 is 2.43 bits per heavy atom. The van der Waals surface area contributed by atoms with Gasteiger partial charge in [0.2, 0.25) is 0 Å². The average molecular weight is 542 g/mol. The zero-order valence-corrected chi connectivity index (χ0v) is 21.3.